The van der Waals surface area contributed by atoms with Gasteiger partial charge in [-0.3, -0.25) is 24.5 Å². The summed E-state index contributed by atoms with van der Waals surface area (Å²) in [5, 5.41) is 28.5. The van der Waals surface area contributed by atoms with Gasteiger partial charge in [-0.25, -0.2) is 9.59 Å². The average molecular weight is 717 g/mol. The zero-order chi connectivity index (χ0) is 36.1. The Labute approximate surface area is 295 Å². The molecule has 0 aromatic heterocycles. The van der Waals surface area contributed by atoms with Gasteiger partial charge in [0.25, 0.3) is 11.6 Å². The van der Waals surface area contributed by atoms with Crippen LogP contribution in [0.3, 0.4) is 0 Å². The summed E-state index contributed by atoms with van der Waals surface area (Å²) in [5.74, 6) is 0.164. The van der Waals surface area contributed by atoms with Crippen molar-refractivity contribution in [2.45, 2.75) is 88.1 Å². The van der Waals surface area contributed by atoms with Crippen molar-refractivity contribution in [1.29, 1.82) is 0 Å². The van der Waals surface area contributed by atoms with Crippen LogP contribution in [0.15, 0.2) is 30.4 Å². The van der Waals surface area contributed by atoms with E-state index in [1.54, 1.807) is 6.08 Å². The Morgan fingerprint density at radius 3 is 2.62 bits per heavy atom. The number of allylic oxidation sites excluding steroid dienone is 1. The van der Waals surface area contributed by atoms with Crippen LogP contribution >= 0.6 is 11.8 Å². The third kappa shape index (κ3) is 11.2. The highest BCUT2D eigenvalue weighted by molar-refractivity contribution is 8.00. The summed E-state index contributed by atoms with van der Waals surface area (Å²) in [6.07, 6.45) is 8.40. The molecule has 4 rings (SSSR count). The van der Waals surface area contributed by atoms with Crippen molar-refractivity contribution in [1.82, 2.24) is 31.9 Å². The summed E-state index contributed by atoms with van der Waals surface area (Å²) in [6, 6.07) is 4.07. The maximum Gasteiger partial charge on any atom is 0.407 e. The quantitative estimate of drug-likeness (QED) is 0.0330. The summed E-state index contributed by atoms with van der Waals surface area (Å²) >= 11 is 1.87. The second kappa shape index (κ2) is 18.5. The van der Waals surface area contributed by atoms with E-state index in [0.717, 1.165) is 31.1 Å². The highest BCUT2D eigenvalue weighted by atomic mass is 32.2. The van der Waals surface area contributed by atoms with Crippen molar-refractivity contribution < 1.29 is 33.6 Å². The molecule has 1 aromatic rings. The molecule has 3 aliphatic rings. The highest BCUT2D eigenvalue weighted by Crippen LogP contribution is 2.34. The molecule has 5 unspecified atom stereocenters. The minimum atomic E-state index is -0.691. The first-order valence-corrected chi connectivity index (χ1v) is 18.2. The van der Waals surface area contributed by atoms with Crippen molar-refractivity contribution in [2.75, 3.05) is 37.7 Å². The van der Waals surface area contributed by atoms with Crippen molar-refractivity contribution in [3.63, 3.8) is 0 Å². The molecule has 0 spiro atoms. The molecule has 50 heavy (non-hydrogen) atoms. The topological polar surface area (TPSA) is 236 Å². The van der Waals surface area contributed by atoms with Gasteiger partial charge in [0, 0.05) is 60.8 Å². The van der Waals surface area contributed by atoms with Crippen LogP contribution in [0.25, 0.3) is 0 Å². The number of hydrogen-bond acceptors (Lipinski definition) is 10. The molecule has 16 nitrogen and oxygen atoms in total. The Morgan fingerprint density at radius 2 is 1.82 bits per heavy atom. The van der Waals surface area contributed by atoms with Crippen LogP contribution in [0.2, 0.25) is 0 Å². The fraction of sp³-hybridized carbons (Fsp3) is 0.606. The lowest BCUT2D eigenvalue weighted by molar-refractivity contribution is -0.385. The van der Waals surface area contributed by atoms with Gasteiger partial charge in [-0.1, -0.05) is 19.4 Å². The molecule has 2 saturated heterocycles. The number of nitro benzene ring substituents is 1. The van der Waals surface area contributed by atoms with Crippen LogP contribution in [-0.2, 0) is 14.3 Å². The van der Waals surface area contributed by atoms with E-state index in [1.807, 2.05) is 24.8 Å². The van der Waals surface area contributed by atoms with Crippen LogP contribution in [-0.4, -0.2) is 90.1 Å². The van der Waals surface area contributed by atoms with E-state index < -0.39 is 34.1 Å². The number of benzene rings is 1. The van der Waals surface area contributed by atoms with E-state index in [1.165, 1.54) is 12.1 Å². The Morgan fingerprint density at radius 1 is 1.04 bits per heavy atom. The summed E-state index contributed by atoms with van der Waals surface area (Å²) in [5.41, 5.74) is 4.54. The number of nitrogens with two attached hydrogens (primary N) is 1. The smallest absolute Gasteiger partial charge is 0.407 e. The molecule has 2 aliphatic heterocycles. The normalized spacial score (nSPS) is 24.7. The van der Waals surface area contributed by atoms with Gasteiger partial charge < -0.3 is 42.4 Å². The number of nitrogen functional groups attached to an aromatic ring is 1. The lowest BCUT2D eigenvalue weighted by Crippen LogP contribution is -2.41. The molecule has 6 amide bonds. The summed E-state index contributed by atoms with van der Waals surface area (Å²) in [7, 11) is 0. The number of nitrogens with zero attached hydrogens (tertiary/aromatic N) is 1. The predicted molar refractivity (Wildman–Crippen MR) is 188 cm³/mol. The number of rotatable bonds is 16. The van der Waals surface area contributed by atoms with Crippen LogP contribution in [0, 0.1) is 15.5 Å². The number of amides is 6. The third-order valence-corrected chi connectivity index (χ3v) is 10.7. The molecule has 274 valence electrons. The van der Waals surface area contributed by atoms with E-state index in [2.05, 4.69) is 31.9 Å². The Bertz CT molecular complexity index is 1440. The van der Waals surface area contributed by atoms with E-state index in [9.17, 15) is 34.1 Å². The molecule has 0 bridgehead atoms. The van der Waals surface area contributed by atoms with Crippen molar-refractivity contribution in [3.8, 4) is 0 Å². The van der Waals surface area contributed by atoms with Crippen molar-refractivity contribution in [3.05, 3.63) is 46.0 Å². The van der Waals surface area contributed by atoms with Crippen LogP contribution in [0.4, 0.5) is 21.0 Å². The maximum absolute atomic E-state index is 13.1. The van der Waals surface area contributed by atoms with Crippen molar-refractivity contribution >= 4 is 53.0 Å². The number of urea groups is 1. The zero-order valence-corrected chi connectivity index (χ0v) is 29.1. The molecule has 8 N–H and O–H groups in total. The first-order valence-electron chi connectivity index (χ1n) is 17.1. The minimum absolute atomic E-state index is 0.00726. The maximum atomic E-state index is 13.1. The number of unbranched alkanes of at least 4 members (excludes halogenated alkanes) is 1. The van der Waals surface area contributed by atoms with Gasteiger partial charge in [-0.2, -0.15) is 11.8 Å². The Balaban J connectivity index is 1.06. The van der Waals surface area contributed by atoms with E-state index in [0.29, 0.717) is 56.9 Å². The molecular formula is C33H48N8O8S. The Kier molecular flexibility index (Phi) is 14.1. The number of carbonyl (C=O) groups is 5. The molecular weight excluding hydrogens is 668 g/mol. The number of nitro groups is 1. The minimum Gasteiger partial charge on any atom is -0.442 e. The molecule has 2 fully saturated rings. The fourth-order valence-corrected chi connectivity index (χ4v) is 7.80. The average Bonchev–Trinajstić information content (AvgIpc) is 3.63. The zero-order valence-electron chi connectivity index (χ0n) is 28.3. The molecule has 1 aliphatic carbocycles. The Hall–Kier alpha value is -4.54. The standard InChI is InChI=1S/C33H48N8O8S/c1-33(30(44)37-16-6-15-35-27(42)9-3-2-8-26-28-24(20-50-26)39-31(45)40-28)13-5-4-7-22(12-14-33)49-32(46)38-18-17-36-29(43)23-11-10-21(34)19-25(23)41(47)48/h4,7,10-11,19,22,24,26,28H,2-3,5-6,8-9,12-18,20,34H2,1H3,(H,35,42)(H,36,43)(H,37,44)(H,38,46)(H2,39,40,45)/b7-4+. The summed E-state index contributed by atoms with van der Waals surface area (Å²) in [4.78, 5) is 72.3. The van der Waals surface area contributed by atoms with Gasteiger partial charge in [-0.15, -0.1) is 0 Å². The summed E-state index contributed by atoms with van der Waals surface area (Å²) < 4.78 is 5.53. The lowest BCUT2D eigenvalue weighted by atomic mass is 9.78. The number of ether oxygens (including phenoxy) is 1. The summed E-state index contributed by atoms with van der Waals surface area (Å²) in [6.45, 7) is 2.84. The number of hydrogen-bond donors (Lipinski definition) is 7. The molecule has 2 heterocycles. The van der Waals surface area contributed by atoms with Gasteiger partial charge in [0.2, 0.25) is 11.8 Å². The first-order chi connectivity index (χ1) is 23.9. The number of alkyl carbamates (subject to hydrolysis) is 1. The molecule has 0 radical (unpaired) electrons. The second-order valence-corrected chi connectivity index (χ2v) is 14.3. The molecule has 17 heteroatoms. The predicted octanol–water partition coefficient (Wildman–Crippen LogP) is 2.49. The van der Waals surface area contributed by atoms with Gasteiger partial charge in [0.05, 0.1) is 17.0 Å². The van der Waals surface area contributed by atoms with Crippen LogP contribution in [0.1, 0.15) is 75.1 Å². The highest BCUT2D eigenvalue weighted by Gasteiger charge is 2.42. The van der Waals surface area contributed by atoms with E-state index in [4.69, 9.17) is 10.5 Å². The SMILES string of the molecule is CC1(C(=O)NCCCNC(=O)CCCCC2SCC3NC(=O)NC32)CC/C=C/C(OC(=O)NCCNC(=O)c2ccc(N)cc2[N+](=O)[O-])CC1. The first kappa shape index (κ1) is 38.3. The van der Waals surface area contributed by atoms with Crippen LogP contribution < -0.4 is 37.6 Å². The molecule has 5 atom stereocenters. The van der Waals surface area contributed by atoms with Gasteiger partial charge in [0.1, 0.15) is 11.7 Å². The molecule has 1 aromatic carbocycles. The van der Waals surface area contributed by atoms with Crippen LogP contribution in [0.5, 0.6) is 0 Å². The largest absolute Gasteiger partial charge is 0.442 e. The number of thioether (sulfide) groups is 1. The van der Waals surface area contributed by atoms with Crippen molar-refractivity contribution in [2.24, 2.45) is 5.41 Å². The fourth-order valence-electron chi connectivity index (χ4n) is 6.26. The molecule has 0 saturated carbocycles. The third-order valence-electron chi connectivity index (χ3n) is 9.19. The second-order valence-electron chi connectivity index (χ2n) is 13.1. The number of fused-ring (bicyclic) bond motifs is 1. The van der Waals surface area contributed by atoms with E-state index in [-0.39, 0.29) is 54.3 Å². The van der Waals surface area contributed by atoms with E-state index >= 15 is 0 Å². The number of carbonyl (C=O) groups excluding carboxylic acids is 5. The number of nitrogens with one attached hydrogen (secondary N) is 6. The monoisotopic (exact) mass is 716 g/mol. The van der Waals surface area contributed by atoms with Gasteiger partial charge in [-0.05, 0) is 63.2 Å². The van der Waals surface area contributed by atoms with Gasteiger partial charge >= 0.3 is 12.1 Å². The lowest BCUT2D eigenvalue weighted by Gasteiger charge is -2.31. The van der Waals surface area contributed by atoms with Gasteiger partial charge in [0.15, 0.2) is 0 Å². The number of anilines is 1.